The molecule has 0 aliphatic carbocycles. The molecule has 11 nitrogen and oxygen atoms in total. The van der Waals surface area contributed by atoms with Crippen LogP contribution in [-0.4, -0.2) is 54.5 Å². The molecule has 3 aromatic rings. The zero-order chi connectivity index (χ0) is 24.6. The van der Waals surface area contributed by atoms with Crippen molar-refractivity contribution in [1.82, 2.24) is 25.0 Å². The summed E-state index contributed by atoms with van der Waals surface area (Å²) in [4.78, 5) is 36.7. The van der Waals surface area contributed by atoms with E-state index in [0.717, 1.165) is 27.5 Å². The molecule has 3 heterocycles. The first-order valence-corrected chi connectivity index (χ1v) is 11.4. The van der Waals surface area contributed by atoms with Gasteiger partial charge in [0.15, 0.2) is 0 Å². The quantitative estimate of drug-likeness (QED) is 0.544. The number of aromatic nitrogens is 4. The Kier molecular flexibility index (Phi) is 6.44. The summed E-state index contributed by atoms with van der Waals surface area (Å²) in [6, 6.07) is 6.34. The van der Waals surface area contributed by atoms with Gasteiger partial charge in [0.2, 0.25) is 22.1 Å². The molecule has 34 heavy (non-hydrogen) atoms. The summed E-state index contributed by atoms with van der Waals surface area (Å²) >= 11 is 7.29. The van der Waals surface area contributed by atoms with Crippen LogP contribution in [0.3, 0.4) is 0 Å². The first-order chi connectivity index (χ1) is 16.1. The number of hydrogen-bond acceptors (Lipinski definition) is 10. The Hall–Kier alpha value is -3.64. The number of carbonyl (C=O) groups excluding carboxylic acids is 3. The second-order valence-corrected chi connectivity index (χ2v) is 9.10. The molecule has 0 radical (unpaired) electrons. The minimum atomic E-state index is -0.779. The van der Waals surface area contributed by atoms with E-state index in [4.69, 9.17) is 11.6 Å². The molecule has 0 spiro atoms. The smallest absolute Gasteiger partial charge is 0.272 e. The van der Waals surface area contributed by atoms with E-state index >= 15 is 0 Å². The van der Waals surface area contributed by atoms with E-state index in [-0.39, 0.29) is 12.3 Å². The molecule has 4 rings (SSSR count). The number of aryl methyl sites for hydroxylation is 2. The molecule has 2 aromatic heterocycles. The van der Waals surface area contributed by atoms with Crippen LogP contribution in [-0.2, 0) is 9.59 Å². The van der Waals surface area contributed by atoms with E-state index < -0.39 is 17.9 Å². The Morgan fingerprint density at radius 2 is 1.85 bits per heavy atom. The van der Waals surface area contributed by atoms with Crippen molar-refractivity contribution in [3.8, 4) is 0 Å². The number of hydrogen-bond donors (Lipinski definition) is 2. The molecule has 176 valence electrons. The maximum absolute atomic E-state index is 12.9. The standard InChI is InChI=1S/C21H21ClN8O3S/c1-10-7-14(5-6-15(10)22)16-9-17(19(33)30(28-16)13(4)32)23-20-25-26-21(34-20)24-18-8-11(2)27-29(18)12(3)31/h5-8,17H,9H2,1-4H3,(H,23,25)(H,24,26). The molecule has 0 fully saturated rings. The summed E-state index contributed by atoms with van der Waals surface area (Å²) in [6.45, 7) is 6.33. The number of imide groups is 1. The topological polar surface area (TPSA) is 134 Å². The third-order valence-corrected chi connectivity index (χ3v) is 6.20. The van der Waals surface area contributed by atoms with Gasteiger partial charge in [0.1, 0.15) is 11.9 Å². The Balaban J connectivity index is 1.55. The van der Waals surface area contributed by atoms with Crippen molar-refractivity contribution < 1.29 is 14.4 Å². The number of anilines is 3. The molecule has 1 aromatic carbocycles. The molecule has 1 aliphatic heterocycles. The van der Waals surface area contributed by atoms with Gasteiger partial charge in [0.05, 0.1) is 11.4 Å². The summed E-state index contributed by atoms with van der Waals surface area (Å²) in [7, 11) is 0. The summed E-state index contributed by atoms with van der Waals surface area (Å²) in [5, 5.41) is 24.9. The lowest BCUT2D eigenvalue weighted by molar-refractivity contribution is -0.144. The second kappa shape index (κ2) is 9.31. The van der Waals surface area contributed by atoms with Gasteiger partial charge in [-0.3, -0.25) is 14.4 Å². The number of nitrogens with one attached hydrogen (secondary N) is 2. The predicted molar refractivity (Wildman–Crippen MR) is 129 cm³/mol. The fourth-order valence-corrected chi connectivity index (χ4v) is 4.22. The maximum Gasteiger partial charge on any atom is 0.272 e. The fraction of sp³-hybridized carbons (Fsp3) is 0.286. The third-order valence-electron chi connectivity index (χ3n) is 5.00. The highest BCUT2D eigenvalue weighted by atomic mass is 35.5. The van der Waals surface area contributed by atoms with Crippen LogP contribution >= 0.6 is 22.9 Å². The van der Waals surface area contributed by atoms with Crippen molar-refractivity contribution >= 4 is 62.5 Å². The Morgan fingerprint density at radius 1 is 1.12 bits per heavy atom. The van der Waals surface area contributed by atoms with Crippen molar-refractivity contribution in [3.63, 3.8) is 0 Å². The zero-order valence-electron chi connectivity index (χ0n) is 18.8. The van der Waals surface area contributed by atoms with Crippen molar-refractivity contribution in [2.24, 2.45) is 5.10 Å². The number of carbonyl (C=O) groups is 3. The van der Waals surface area contributed by atoms with Gasteiger partial charge in [-0.05, 0) is 37.1 Å². The average Bonchev–Trinajstić information content (AvgIpc) is 3.37. The third kappa shape index (κ3) is 4.82. The molecule has 2 amide bonds. The lowest BCUT2D eigenvalue weighted by Gasteiger charge is -2.28. The molecule has 0 bridgehead atoms. The van der Waals surface area contributed by atoms with E-state index in [1.165, 1.54) is 18.5 Å². The number of amides is 2. The van der Waals surface area contributed by atoms with Crippen LogP contribution in [0.25, 0.3) is 0 Å². The largest absolute Gasteiger partial charge is 0.348 e. The van der Waals surface area contributed by atoms with Crippen molar-refractivity contribution in [1.29, 1.82) is 0 Å². The van der Waals surface area contributed by atoms with Crippen LogP contribution in [0.5, 0.6) is 0 Å². The van der Waals surface area contributed by atoms with Crippen LogP contribution in [0.2, 0.25) is 5.02 Å². The van der Waals surface area contributed by atoms with Crippen molar-refractivity contribution in [2.75, 3.05) is 10.6 Å². The second-order valence-electron chi connectivity index (χ2n) is 7.72. The Morgan fingerprint density at radius 3 is 2.53 bits per heavy atom. The van der Waals surface area contributed by atoms with Crippen LogP contribution in [0, 0.1) is 13.8 Å². The lowest BCUT2D eigenvalue weighted by atomic mass is 9.99. The van der Waals surface area contributed by atoms with Crippen LogP contribution < -0.4 is 10.6 Å². The normalized spacial score (nSPS) is 15.8. The van der Waals surface area contributed by atoms with Gasteiger partial charge in [0, 0.05) is 31.4 Å². The minimum absolute atomic E-state index is 0.238. The molecule has 0 saturated heterocycles. The summed E-state index contributed by atoms with van der Waals surface area (Å²) in [6.07, 6.45) is 0.238. The van der Waals surface area contributed by atoms with E-state index in [9.17, 15) is 14.4 Å². The number of halogens is 1. The molecular formula is C21H21ClN8O3S. The molecule has 1 unspecified atom stereocenters. The molecular weight excluding hydrogens is 480 g/mol. The average molecular weight is 501 g/mol. The van der Waals surface area contributed by atoms with Gasteiger partial charge in [-0.2, -0.15) is 19.9 Å². The first-order valence-electron chi connectivity index (χ1n) is 10.3. The van der Waals surface area contributed by atoms with Gasteiger partial charge in [-0.25, -0.2) is 0 Å². The molecule has 2 N–H and O–H groups in total. The highest BCUT2D eigenvalue weighted by Crippen LogP contribution is 2.27. The molecule has 1 aliphatic rings. The predicted octanol–water partition coefficient (Wildman–Crippen LogP) is 3.37. The SMILES string of the molecule is CC(=O)N1N=C(c2ccc(Cl)c(C)c2)CC(Nc2nnc(Nc3cc(C)nn3C(C)=O)s2)C1=O. The monoisotopic (exact) mass is 500 g/mol. The van der Waals surface area contributed by atoms with E-state index in [1.807, 2.05) is 13.0 Å². The summed E-state index contributed by atoms with van der Waals surface area (Å²) in [5.74, 6) is -0.777. The van der Waals surface area contributed by atoms with E-state index in [0.29, 0.717) is 32.5 Å². The highest BCUT2D eigenvalue weighted by Gasteiger charge is 2.34. The van der Waals surface area contributed by atoms with Crippen molar-refractivity contribution in [2.45, 2.75) is 40.2 Å². The number of rotatable bonds is 5. The number of hydrazone groups is 1. The minimum Gasteiger partial charge on any atom is -0.348 e. The van der Waals surface area contributed by atoms with Crippen LogP contribution in [0.15, 0.2) is 29.4 Å². The summed E-state index contributed by atoms with van der Waals surface area (Å²) < 4.78 is 1.23. The van der Waals surface area contributed by atoms with Gasteiger partial charge in [-0.1, -0.05) is 29.0 Å². The molecule has 1 atom stereocenters. The lowest BCUT2D eigenvalue weighted by Crippen LogP contribution is -2.47. The molecule has 13 heteroatoms. The van der Waals surface area contributed by atoms with Gasteiger partial charge in [0.25, 0.3) is 5.91 Å². The fourth-order valence-electron chi connectivity index (χ4n) is 3.40. The van der Waals surface area contributed by atoms with E-state index in [2.05, 4.69) is 31.0 Å². The molecule has 0 saturated carbocycles. The van der Waals surface area contributed by atoms with Crippen LogP contribution in [0.4, 0.5) is 16.1 Å². The highest BCUT2D eigenvalue weighted by molar-refractivity contribution is 7.19. The summed E-state index contributed by atoms with van der Waals surface area (Å²) in [5.41, 5.74) is 2.86. The Labute approximate surface area is 203 Å². The Bertz CT molecular complexity index is 1330. The zero-order valence-corrected chi connectivity index (χ0v) is 20.4. The number of benzene rings is 1. The number of nitrogens with zero attached hydrogens (tertiary/aromatic N) is 6. The van der Waals surface area contributed by atoms with Gasteiger partial charge >= 0.3 is 0 Å². The van der Waals surface area contributed by atoms with Gasteiger partial charge < -0.3 is 10.6 Å². The van der Waals surface area contributed by atoms with E-state index in [1.54, 1.807) is 25.1 Å². The maximum atomic E-state index is 12.9. The van der Waals surface area contributed by atoms with Crippen molar-refractivity contribution in [3.05, 3.63) is 46.1 Å². The first kappa shape index (κ1) is 23.5. The van der Waals surface area contributed by atoms with Crippen LogP contribution in [0.1, 0.15) is 41.9 Å². The van der Waals surface area contributed by atoms with Gasteiger partial charge in [-0.15, -0.1) is 10.2 Å².